The molecule has 3 N–H and O–H groups in total. The van der Waals surface area contributed by atoms with Crippen LogP contribution in [0.5, 0.6) is 0 Å². The highest BCUT2D eigenvalue weighted by Gasteiger charge is 2.39. The third-order valence-electron chi connectivity index (χ3n) is 5.36. The van der Waals surface area contributed by atoms with Crippen molar-refractivity contribution in [3.63, 3.8) is 0 Å². The van der Waals surface area contributed by atoms with Crippen LogP contribution in [0.15, 0.2) is 15.0 Å². The van der Waals surface area contributed by atoms with Crippen LogP contribution in [-0.4, -0.2) is 42.8 Å². The van der Waals surface area contributed by atoms with Gasteiger partial charge in [0.2, 0.25) is 0 Å². The van der Waals surface area contributed by atoms with Gasteiger partial charge < -0.3 is 5.73 Å². The Balaban J connectivity index is 3.47. The number of halogens is 5. The molecule has 0 saturated heterocycles. The van der Waals surface area contributed by atoms with E-state index < -0.39 is 47.8 Å². The van der Waals surface area contributed by atoms with Gasteiger partial charge in [0, 0.05) is 7.05 Å². The molecule has 0 aliphatic carbocycles. The molecule has 12 heteroatoms. The average Bonchev–Trinajstić information content (AvgIpc) is 2.63. The van der Waals surface area contributed by atoms with Crippen LogP contribution < -0.4 is 15.6 Å². The number of hydrogen-bond donors (Lipinski definition) is 2. The van der Waals surface area contributed by atoms with Gasteiger partial charge in [0.1, 0.15) is 26.9 Å². The van der Waals surface area contributed by atoms with Crippen LogP contribution in [0, 0.1) is 5.82 Å². The standard InChI is InChI=1S/C17H29BrF4N4OSSi/c1-6-29(7-2,8-3)12-9-13(18)26-15(14(12)19)16(4,23)11-28(27,24-5)25-10-17(20,21)22/h9H,6-8,10-11,23H2,1-5H3,(H,24,25,27). The van der Waals surface area contributed by atoms with Crippen molar-refractivity contribution in [1.82, 2.24) is 9.71 Å². The molecule has 1 heterocycles. The lowest BCUT2D eigenvalue weighted by Crippen LogP contribution is -2.51. The van der Waals surface area contributed by atoms with Crippen LogP contribution >= 0.6 is 15.9 Å². The molecule has 0 spiro atoms. The minimum absolute atomic E-state index is 0.126. The molecule has 29 heavy (non-hydrogen) atoms. The Morgan fingerprint density at radius 3 is 2.21 bits per heavy atom. The lowest BCUT2D eigenvalue weighted by atomic mass is 10.0. The monoisotopic (exact) mass is 520 g/mol. The highest BCUT2D eigenvalue weighted by molar-refractivity contribution is 9.10. The fourth-order valence-electron chi connectivity index (χ4n) is 3.43. The maximum absolute atomic E-state index is 15.6. The maximum Gasteiger partial charge on any atom is 0.402 e. The third-order valence-corrected chi connectivity index (χ3v) is 13.5. The van der Waals surface area contributed by atoms with E-state index in [1.165, 1.54) is 6.92 Å². The fraction of sp³-hybridized carbons (Fsp3) is 0.706. The molecule has 5 nitrogen and oxygen atoms in total. The predicted molar refractivity (Wildman–Crippen MR) is 116 cm³/mol. The first-order valence-corrected chi connectivity index (χ1v) is 14.4. The second kappa shape index (κ2) is 9.71. The lowest BCUT2D eigenvalue weighted by molar-refractivity contribution is -0.121. The minimum Gasteiger partial charge on any atom is -0.319 e. The first kappa shape index (κ1) is 26.5. The summed E-state index contributed by atoms with van der Waals surface area (Å²) in [5, 5.41) is 0.571. The topological polar surface area (TPSA) is 80.4 Å². The molecule has 2 atom stereocenters. The van der Waals surface area contributed by atoms with Gasteiger partial charge in [-0.05, 0) is 34.1 Å². The van der Waals surface area contributed by atoms with Crippen LogP contribution in [0.1, 0.15) is 33.4 Å². The van der Waals surface area contributed by atoms with Crippen LogP contribution in [0.25, 0.3) is 0 Å². The summed E-state index contributed by atoms with van der Waals surface area (Å²) in [6.07, 6.45) is -4.57. The number of nitrogens with two attached hydrogens (primary N) is 1. The number of rotatable bonds is 9. The van der Waals surface area contributed by atoms with Gasteiger partial charge in [0.15, 0.2) is 0 Å². The van der Waals surface area contributed by atoms with E-state index in [9.17, 15) is 17.4 Å². The number of nitrogens with one attached hydrogen (secondary N) is 1. The number of pyridine rings is 1. The molecule has 1 aromatic heterocycles. The van der Waals surface area contributed by atoms with Gasteiger partial charge in [0.05, 0.1) is 25.1 Å². The normalized spacial score (nSPS) is 16.9. The second-order valence-electron chi connectivity index (χ2n) is 7.32. The second-order valence-corrected chi connectivity index (χ2v) is 15.6. The van der Waals surface area contributed by atoms with Crippen molar-refractivity contribution in [2.24, 2.45) is 10.1 Å². The molecule has 0 aliphatic rings. The quantitative estimate of drug-likeness (QED) is 0.293. The Bertz CT molecular complexity index is 829. The van der Waals surface area contributed by atoms with Gasteiger partial charge in [-0.25, -0.2) is 22.7 Å². The zero-order valence-electron chi connectivity index (χ0n) is 17.3. The molecular formula is C17H29BrF4N4OSSi. The van der Waals surface area contributed by atoms with Crippen molar-refractivity contribution in [2.45, 2.75) is 57.5 Å². The molecule has 2 unspecified atom stereocenters. The molecule has 1 rings (SSSR count). The van der Waals surface area contributed by atoms with Crippen molar-refractivity contribution >= 4 is 39.1 Å². The highest BCUT2D eigenvalue weighted by atomic mass is 79.9. The Labute approximate surface area is 179 Å². The first-order chi connectivity index (χ1) is 13.2. The SMILES string of the molecule is CC[Si](CC)(CC)c1cc(Br)nc(C(C)(N)CS(=O)(=NC)NCC(F)(F)F)c1F. The van der Waals surface area contributed by atoms with Crippen molar-refractivity contribution in [3.05, 3.63) is 22.2 Å². The largest absolute Gasteiger partial charge is 0.402 e. The van der Waals surface area contributed by atoms with E-state index in [0.29, 0.717) is 9.79 Å². The molecule has 0 aliphatic heterocycles. The Morgan fingerprint density at radius 2 is 1.79 bits per heavy atom. The summed E-state index contributed by atoms with van der Waals surface area (Å²) in [6.45, 7) is 5.99. The first-order valence-electron chi connectivity index (χ1n) is 9.29. The van der Waals surface area contributed by atoms with Gasteiger partial charge in [-0.2, -0.15) is 13.2 Å². The molecular weight excluding hydrogens is 492 g/mol. The molecule has 0 amide bonds. The summed E-state index contributed by atoms with van der Waals surface area (Å²) in [6, 6.07) is 4.13. The van der Waals surface area contributed by atoms with Crippen LogP contribution in [0.3, 0.4) is 0 Å². The van der Waals surface area contributed by atoms with Gasteiger partial charge >= 0.3 is 6.18 Å². The maximum atomic E-state index is 15.6. The van der Waals surface area contributed by atoms with Crippen molar-refractivity contribution in [1.29, 1.82) is 0 Å². The van der Waals surface area contributed by atoms with Crippen molar-refractivity contribution in [3.8, 4) is 0 Å². The zero-order valence-corrected chi connectivity index (χ0v) is 20.7. The number of alkyl halides is 3. The van der Waals surface area contributed by atoms with Crippen molar-refractivity contribution in [2.75, 3.05) is 19.3 Å². The van der Waals surface area contributed by atoms with E-state index in [4.69, 9.17) is 5.73 Å². The molecule has 0 radical (unpaired) electrons. The van der Waals surface area contributed by atoms with Crippen molar-refractivity contribution < 1.29 is 21.8 Å². The predicted octanol–water partition coefficient (Wildman–Crippen LogP) is 4.04. The molecule has 0 aromatic carbocycles. The highest BCUT2D eigenvalue weighted by Crippen LogP contribution is 2.28. The van der Waals surface area contributed by atoms with Gasteiger partial charge in [0.25, 0.3) is 0 Å². The fourth-order valence-corrected chi connectivity index (χ4v) is 9.42. The van der Waals surface area contributed by atoms with E-state index >= 15 is 4.39 Å². The summed E-state index contributed by atoms with van der Waals surface area (Å²) in [5.74, 6) is -1.09. The number of nitrogens with zero attached hydrogens (tertiary/aromatic N) is 2. The Hall–Kier alpha value is -0.563. The van der Waals surface area contributed by atoms with Crippen LogP contribution in [0.4, 0.5) is 17.6 Å². The van der Waals surface area contributed by atoms with E-state index in [1.807, 2.05) is 25.5 Å². The summed E-state index contributed by atoms with van der Waals surface area (Å²) in [7, 11) is -4.55. The smallest absolute Gasteiger partial charge is 0.319 e. The van der Waals surface area contributed by atoms with Crippen LogP contribution in [-0.2, 0) is 15.5 Å². The summed E-state index contributed by atoms with van der Waals surface area (Å²) >= 11 is 3.30. The molecule has 168 valence electrons. The van der Waals surface area contributed by atoms with E-state index in [0.717, 1.165) is 25.2 Å². The minimum atomic E-state index is -4.57. The molecule has 0 bridgehead atoms. The Kier molecular flexibility index (Phi) is 8.86. The molecule has 1 aromatic rings. The summed E-state index contributed by atoms with van der Waals surface area (Å²) in [5.41, 5.74) is 4.55. The van der Waals surface area contributed by atoms with Gasteiger partial charge in [-0.1, -0.05) is 38.9 Å². The van der Waals surface area contributed by atoms with Crippen LogP contribution in [0.2, 0.25) is 18.1 Å². The molecule has 0 fully saturated rings. The zero-order chi connectivity index (χ0) is 22.7. The Morgan fingerprint density at radius 1 is 1.28 bits per heavy atom. The molecule has 0 saturated carbocycles. The van der Waals surface area contributed by atoms with Gasteiger partial charge in [-0.3, -0.25) is 0 Å². The number of hydrogen-bond acceptors (Lipinski definition) is 4. The van der Waals surface area contributed by atoms with E-state index in [1.54, 1.807) is 6.07 Å². The summed E-state index contributed by atoms with van der Waals surface area (Å²) in [4.78, 5) is 4.17. The lowest BCUT2D eigenvalue weighted by Gasteiger charge is -2.32. The van der Waals surface area contributed by atoms with E-state index in [2.05, 4.69) is 25.3 Å². The average molecular weight is 521 g/mol. The summed E-state index contributed by atoms with van der Waals surface area (Å²) < 4.78 is 72.0. The van der Waals surface area contributed by atoms with E-state index in [-0.39, 0.29) is 5.69 Å². The third kappa shape index (κ3) is 6.46. The number of aromatic nitrogens is 1. The van der Waals surface area contributed by atoms with Gasteiger partial charge in [-0.15, -0.1) is 0 Å².